The molecule has 6 heteroatoms. The van der Waals surface area contributed by atoms with Crippen LogP contribution in [0.2, 0.25) is 5.02 Å². The standard InChI is InChI=1S/C13H13ClN2O3/c1-9(17)19-13-8-15-12(16-13)6-7-18-11-4-2-10(14)3-5-11/h2-5,8H,6-7H2,1H3,(H,15,16). The number of aromatic amines is 1. The van der Waals surface area contributed by atoms with Gasteiger partial charge in [0.25, 0.3) is 0 Å². The normalized spacial score (nSPS) is 10.2. The van der Waals surface area contributed by atoms with Gasteiger partial charge >= 0.3 is 5.97 Å². The van der Waals surface area contributed by atoms with Gasteiger partial charge in [-0.1, -0.05) is 11.6 Å². The number of H-pyrrole nitrogens is 1. The van der Waals surface area contributed by atoms with Gasteiger partial charge in [0, 0.05) is 18.4 Å². The topological polar surface area (TPSA) is 64.2 Å². The second-order valence-electron chi connectivity index (χ2n) is 3.84. The number of nitrogens with one attached hydrogen (secondary N) is 1. The van der Waals surface area contributed by atoms with E-state index in [0.717, 1.165) is 5.75 Å². The van der Waals surface area contributed by atoms with Gasteiger partial charge in [0.2, 0.25) is 5.88 Å². The SMILES string of the molecule is CC(=O)Oc1cnc(CCOc2ccc(Cl)cc2)[nH]1. The number of hydrogen-bond acceptors (Lipinski definition) is 4. The van der Waals surface area contributed by atoms with Gasteiger partial charge in [0.1, 0.15) is 11.6 Å². The van der Waals surface area contributed by atoms with Crippen LogP contribution in [0.15, 0.2) is 30.5 Å². The highest BCUT2D eigenvalue weighted by Crippen LogP contribution is 2.15. The first kappa shape index (κ1) is 13.4. The minimum absolute atomic E-state index is 0.342. The van der Waals surface area contributed by atoms with Crippen molar-refractivity contribution in [2.24, 2.45) is 0 Å². The van der Waals surface area contributed by atoms with E-state index < -0.39 is 0 Å². The zero-order valence-electron chi connectivity index (χ0n) is 10.4. The minimum Gasteiger partial charge on any atom is -0.493 e. The summed E-state index contributed by atoms with van der Waals surface area (Å²) < 4.78 is 10.4. The van der Waals surface area contributed by atoms with Crippen LogP contribution in [0.25, 0.3) is 0 Å². The van der Waals surface area contributed by atoms with Gasteiger partial charge in [0.05, 0.1) is 12.8 Å². The van der Waals surface area contributed by atoms with Gasteiger partial charge in [-0.25, -0.2) is 4.98 Å². The van der Waals surface area contributed by atoms with Crippen LogP contribution in [-0.4, -0.2) is 22.5 Å². The molecule has 0 aliphatic rings. The summed E-state index contributed by atoms with van der Waals surface area (Å²) in [5, 5.41) is 0.671. The van der Waals surface area contributed by atoms with E-state index in [2.05, 4.69) is 9.97 Å². The third-order valence-corrected chi connectivity index (χ3v) is 2.53. The van der Waals surface area contributed by atoms with E-state index in [0.29, 0.717) is 29.8 Å². The summed E-state index contributed by atoms with van der Waals surface area (Å²) >= 11 is 5.77. The van der Waals surface area contributed by atoms with E-state index in [-0.39, 0.29) is 5.97 Å². The van der Waals surface area contributed by atoms with E-state index >= 15 is 0 Å². The monoisotopic (exact) mass is 280 g/mol. The highest BCUT2D eigenvalue weighted by atomic mass is 35.5. The fourth-order valence-electron chi connectivity index (χ4n) is 1.47. The van der Waals surface area contributed by atoms with Crippen LogP contribution in [0.3, 0.4) is 0 Å². The van der Waals surface area contributed by atoms with E-state index in [9.17, 15) is 4.79 Å². The Morgan fingerprint density at radius 2 is 2.11 bits per heavy atom. The highest BCUT2D eigenvalue weighted by molar-refractivity contribution is 6.30. The number of esters is 1. The molecular weight excluding hydrogens is 268 g/mol. The van der Waals surface area contributed by atoms with Gasteiger partial charge in [0.15, 0.2) is 0 Å². The first-order valence-electron chi connectivity index (χ1n) is 5.74. The molecule has 0 radical (unpaired) electrons. The van der Waals surface area contributed by atoms with Crippen LogP contribution in [0.1, 0.15) is 12.7 Å². The van der Waals surface area contributed by atoms with Crippen molar-refractivity contribution in [2.45, 2.75) is 13.3 Å². The second-order valence-corrected chi connectivity index (χ2v) is 4.28. The molecule has 0 saturated carbocycles. The van der Waals surface area contributed by atoms with Gasteiger partial charge in [-0.2, -0.15) is 0 Å². The Morgan fingerprint density at radius 1 is 1.37 bits per heavy atom. The average molecular weight is 281 g/mol. The van der Waals surface area contributed by atoms with Gasteiger partial charge in [-0.15, -0.1) is 0 Å². The molecule has 2 rings (SSSR count). The Morgan fingerprint density at radius 3 is 2.79 bits per heavy atom. The van der Waals surface area contributed by atoms with Crippen LogP contribution >= 0.6 is 11.6 Å². The molecule has 19 heavy (non-hydrogen) atoms. The summed E-state index contributed by atoms with van der Waals surface area (Å²) in [6, 6.07) is 7.13. The molecule has 2 aromatic rings. The minimum atomic E-state index is -0.382. The number of benzene rings is 1. The maximum Gasteiger partial charge on any atom is 0.309 e. The Bertz CT molecular complexity index is 551. The maximum absolute atomic E-state index is 10.7. The van der Waals surface area contributed by atoms with Crippen LogP contribution in [0.5, 0.6) is 11.6 Å². The lowest BCUT2D eigenvalue weighted by Crippen LogP contribution is -2.04. The van der Waals surface area contributed by atoms with Crippen LogP contribution < -0.4 is 9.47 Å². The zero-order chi connectivity index (χ0) is 13.7. The first-order valence-corrected chi connectivity index (χ1v) is 6.12. The predicted molar refractivity (Wildman–Crippen MR) is 70.5 cm³/mol. The first-order chi connectivity index (χ1) is 9.13. The van der Waals surface area contributed by atoms with E-state index in [1.165, 1.54) is 13.1 Å². The molecule has 1 N–H and O–H groups in total. The summed E-state index contributed by atoms with van der Waals surface area (Å²) in [4.78, 5) is 17.7. The van der Waals surface area contributed by atoms with Gasteiger partial charge in [-0.3, -0.25) is 4.79 Å². The zero-order valence-corrected chi connectivity index (χ0v) is 11.1. The van der Waals surface area contributed by atoms with Gasteiger partial charge < -0.3 is 14.5 Å². The maximum atomic E-state index is 10.7. The number of rotatable bonds is 5. The smallest absolute Gasteiger partial charge is 0.309 e. The molecule has 0 atom stereocenters. The second kappa shape index (κ2) is 6.24. The molecule has 0 amide bonds. The Kier molecular flexibility index (Phi) is 4.41. The van der Waals surface area contributed by atoms with Crippen LogP contribution in [-0.2, 0) is 11.2 Å². The van der Waals surface area contributed by atoms with E-state index in [1.807, 2.05) is 0 Å². The molecule has 100 valence electrons. The molecule has 0 aliphatic carbocycles. The number of carbonyl (C=O) groups excluding carboxylic acids is 1. The molecule has 0 unspecified atom stereocenters. The summed E-state index contributed by atoms with van der Waals surface area (Å²) in [6.07, 6.45) is 2.06. The lowest BCUT2D eigenvalue weighted by Gasteiger charge is -2.04. The van der Waals surface area contributed by atoms with E-state index in [1.54, 1.807) is 24.3 Å². The number of nitrogens with zero attached hydrogens (tertiary/aromatic N) is 1. The molecule has 1 aromatic carbocycles. The van der Waals surface area contributed by atoms with Crippen molar-refractivity contribution in [1.29, 1.82) is 0 Å². The summed E-state index contributed by atoms with van der Waals surface area (Å²) in [7, 11) is 0. The molecule has 0 aliphatic heterocycles. The lowest BCUT2D eigenvalue weighted by atomic mass is 10.3. The van der Waals surface area contributed by atoms with Crippen molar-refractivity contribution < 1.29 is 14.3 Å². The van der Waals surface area contributed by atoms with Crippen molar-refractivity contribution in [1.82, 2.24) is 9.97 Å². The Hall–Kier alpha value is -2.01. The third-order valence-electron chi connectivity index (χ3n) is 2.28. The lowest BCUT2D eigenvalue weighted by molar-refractivity contribution is -0.132. The molecule has 0 fully saturated rings. The third kappa shape index (κ3) is 4.30. The molecule has 1 heterocycles. The quantitative estimate of drug-likeness (QED) is 0.855. The highest BCUT2D eigenvalue weighted by Gasteiger charge is 2.04. The summed E-state index contributed by atoms with van der Waals surface area (Å²) in [5.41, 5.74) is 0. The number of halogens is 1. The number of imidazole rings is 1. The Labute approximate surface area is 115 Å². The van der Waals surface area contributed by atoms with Crippen LogP contribution in [0.4, 0.5) is 0 Å². The molecule has 1 aromatic heterocycles. The van der Waals surface area contributed by atoms with Gasteiger partial charge in [-0.05, 0) is 24.3 Å². The average Bonchev–Trinajstić information content (AvgIpc) is 2.78. The number of ether oxygens (including phenoxy) is 2. The van der Waals surface area contributed by atoms with Crippen molar-refractivity contribution in [3.8, 4) is 11.6 Å². The molecule has 0 bridgehead atoms. The van der Waals surface area contributed by atoms with Crippen LogP contribution in [0, 0.1) is 0 Å². The van der Waals surface area contributed by atoms with Crippen molar-refractivity contribution >= 4 is 17.6 Å². The Balaban J connectivity index is 1.80. The van der Waals surface area contributed by atoms with Crippen molar-refractivity contribution in [3.05, 3.63) is 41.3 Å². The van der Waals surface area contributed by atoms with E-state index in [4.69, 9.17) is 21.1 Å². The number of hydrogen-bond donors (Lipinski definition) is 1. The fraction of sp³-hybridized carbons (Fsp3) is 0.231. The van der Waals surface area contributed by atoms with Crippen molar-refractivity contribution in [3.63, 3.8) is 0 Å². The summed E-state index contributed by atoms with van der Waals surface area (Å²) in [5.74, 6) is 1.41. The summed E-state index contributed by atoms with van der Waals surface area (Å²) in [6.45, 7) is 1.80. The molecular formula is C13H13ClN2O3. The van der Waals surface area contributed by atoms with Crippen molar-refractivity contribution in [2.75, 3.05) is 6.61 Å². The molecule has 0 saturated heterocycles. The fourth-order valence-corrected chi connectivity index (χ4v) is 1.60. The predicted octanol–water partition coefficient (Wildman–Crippen LogP) is 2.61. The molecule has 5 nitrogen and oxygen atoms in total. The largest absolute Gasteiger partial charge is 0.493 e. The number of aromatic nitrogens is 2. The molecule has 0 spiro atoms. The number of carbonyl (C=O) groups is 1.